The summed E-state index contributed by atoms with van der Waals surface area (Å²) >= 11 is 11.7. The van der Waals surface area contributed by atoms with Crippen LogP contribution in [0.15, 0.2) is 47.8 Å². The van der Waals surface area contributed by atoms with Gasteiger partial charge in [0.25, 0.3) is 0 Å². The normalized spacial score (nSPS) is 10.7. The average Bonchev–Trinajstić information content (AvgIpc) is 2.44. The third kappa shape index (κ3) is 4.33. The van der Waals surface area contributed by atoms with E-state index in [2.05, 4.69) is 15.5 Å². The highest BCUT2D eigenvalue weighted by atomic mass is 35.5. The molecule has 0 aliphatic carbocycles. The second kappa shape index (κ2) is 7.03. The van der Waals surface area contributed by atoms with E-state index in [0.717, 1.165) is 11.1 Å². The van der Waals surface area contributed by atoms with Crippen LogP contribution < -0.4 is 5.43 Å². The molecule has 0 spiro atoms. The highest BCUT2D eigenvalue weighted by Gasteiger charge is 2.04. The molecule has 102 valence electrons. The van der Waals surface area contributed by atoms with Gasteiger partial charge in [-0.25, -0.2) is 5.43 Å². The first-order chi connectivity index (χ1) is 9.65. The van der Waals surface area contributed by atoms with Gasteiger partial charge in [0.1, 0.15) is 0 Å². The molecule has 0 unspecified atom stereocenters. The Morgan fingerprint density at radius 1 is 1.30 bits per heavy atom. The second-order valence-corrected chi connectivity index (χ2v) is 4.82. The Labute approximate surface area is 126 Å². The molecule has 0 aliphatic heterocycles. The van der Waals surface area contributed by atoms with E-state index in [1.165, 1.54) is 6.21 Å². The minimum Gasteiger partial charge on any atom is -0.273 e. The summed E-state index contributed by atoms with van der Waals surface area (Å²) in [5.41, 5.74) is 4.02. The quantitative estimate of drug-likeness (QED) is 0.697. The first-order valence-corrected chi connectivity index (χ1v) is 6.56. The molecular formula is C14H11Cl2N3O. The van der Waals surface area contributed by atoms with Crippen LogP contribution in [0.4, 0.5) is 0 Å². The van der Waals surface area contributed by atoms with Crippen molar-refractivity contribution in [1.82, 2.24) is 10.4 Å². The van der Waals surface area contributed by atoms with Crippen molar-refractivity contribution in [2.24, 2.45) is 5.10 Å². The zero-order valence-corrected chi connectivity index (χ0v) is 11.9. The first kappa shape index (κ1) is 14.5. The van der Waals surface area contributed by atoms with Gasteiger partial charge in [-0.2, -0.15) is 5.10 Å². The number of pyridine rings is 1. The number of hydrogen-bond donors (Lipinski definition) is 1. The lowest BCUT2D eigenvalue weighted by Crippen LogP contribution is -2.19. The van der Waals surface area contributed by atoms with Gasteiger partial charge >= 0.3 is 0 Å². The van der Waals surface area contributed by atoms with Gasteiger partial charge < -0.3 is 0 Å². The van der Waals surface area contributed by atoms with Crippen molar-refractivity contribution in [2.45, 2.75) is 6.42 Å². The van der Waals surface area contributed by atoms with E-state index in [0.29, 0.717) is 10.0 Å². The van der Waals surface area contributed by atoms with Crippen LogP contribution in [0.3, 0.4) is 0 Å². The number of hydrazone groups is 1. The number of amides is 1. The van der Waals surface area contributed by atoms with Crippen LogP contribution >= 0.6 is 23.2 Å². The van der Waals surface area contributed by atoms with Crippen molar-refractivity contribution in [3.8, 4) is 0 Å². The van der Waals surface area contributed by atoms with Crippen molar-refractivity contribution in [2.75, 3.05) is 0 Å². The van der Waals surface area contributed by atoms with Crippen molar-refractivity contribution >= 4 is 35.3 Å². The van der Waals surface area contributed by atoms with Crippen LogP contribution in [0.1, 0.15) is 11.1 Å². The number of rotatable bonds is 4. The molecule has 1 heterocycles. The van der Waals surface area contributed by atoms with E-state index < -0.39 is 0 Å². The number of nitrogens with zero attached hydrogens (tertiary/aromatic N) is 2. The van der Waals surface area contributed by atoms with E-state index >= 15 is 0 Å². The molecule has 1 amide bonds. The van der Waals surface area contributed by atoms with Crippen molar-refractivity contribution in [1.29, 1.82) is 0 Å². The standard InChI is InChI=1S/C14H11Cl2N3O/c15-12-4-3-10(6-13(12)16)7-14(20)19-18-9-11-2-1-5-17-8-11/h1-6,8-9H,7H2,(H,19,20). The number of carbonyl (C=O) groups excluding carboxylic acids is 1. The van der Waals surface area contributed by atoms with Gasteiger partial charge in [0, 0.05) is 18.0 Å². The van der Waals surface area contributed by atoms with Crippen molar-refractivity contribution in [3.63, 3.8) is 0 Å². The maximum Gasteiger partial charge on any atom is 0.244 e. The van der Waals surface area contributed by atoms with Crippen LogP contribution in [0.2, 0.25) is 10.0 Å². The summed E-state index contributed by atoms with van der Waals surface area (Å²) in [6, 6.07) is 8.69. The summed E-state index contributed by atoms with van der Waals surface area (Å²) < 4.78 is 0. The summed E-state index contributed by atoms with van der Waals surface area (Å²) in [6.07, 6.45) is 5.02. The number of hydrogen-bond acceptors (Lipinski definition) is 3. The fourth-order valence-corrected chi connectivity index (χ4v) is 1.83. The molecule has 1 aromatic heterocycles. The smallest absolute Gasteiger partial charge is 0.244 e. The Kier molecular flexibility index (Phi) is 5.09. The van der Waals surface area contributed by atoms with Gasteiger partial charge in [-0.15, -0.1) is 0 Å². The lowest BCUT2D eigenvalue weighted by molar-refractivity contribution is -0.120. The third-order valence-corrected chi connectivity index (χ3v) is 3.18. The predicted molar refractivity (Wildman–Crippen MR) is 80.1 cm³/mol. The molecule has 6 heteroatoms. The SMILES string of the molecule is O=C(Cc1ccc(Cl)c(Cl)c1)NN=Cc1cccnc1. The molecule has 0 saturated heterocycles. The van der Waals surface area contributed by atoms with Crippen LogP contribution in [0.25, 0.3) is 0 Å². The summed E-state index contributed by atoms with van der Waals surface area (Å²) in [4.78, 5) is 15.6. The Bertz CT molecular complexity index is 630. The molecule has 0 fully saturated rings. The van der Waals surface area contributed by atoms with E-state index in [1.807, 2.05) is 6.07 Å². The molecule has 2 aromatic rings. The van der Waals surface area contributed by atoms with Gasteiger partial charge in [0.05, 0.1) is 22.7 Å². The number of aromatic nitrogens is 1. The Morgan fingerprint density at radius 2 is 2.15 bits per heavy atom. The topological polar surface area (TPSA) is 54.4 Å². The summed E-state index contributed by atoms with van der Waals surface area (Å²) in [7, 11) is 0. The molecule has 2 rings (SSSR count). The summed E-state index contributed by atoms with van der Waals surface area (Å²) in [5.74, 6) is -0.233. The zero-order valence-electron chi connectivity index (χ0n) is 10.4. The van der Waals surface area contributed by atoms with E-state index in [1.54, 1.807) is 36.7 Å². The minimum atomic E-state index is -0.233. The second-order valence-electron chi connectivity index (χ2n) is 4.00. The van der Waals surface area contributed by atoms with E-state index in [-0.39, 0.29) is 12.3 Å². The average molecular weight is 308 g/mol. The molecule has 4 nitrogen and oxygen atoms in total. The van der Waals surface area contributed by atoms with Gasteiger partial charge in [0.15, 0.2) is 0 Å². The monoisotopic (exact) mass is 307 g/mol. The van der Waals surface area contributed by atoms with E-state index in [4.69, 9.17) is 23.2 Å². The van der Waals surface area contributed by atoms with Crippen LogP contribution in [-0.4, -0.2) is 17.1 Å². The summed E-state index contributed by atoms with van der Waals surface area (Å²) in [5, 5.41) is 4.74. The van der Waals surface area contributed by atoms with Crippen LogP contribution in [-0.2, 0) is 11.2 Å². The minimum absolute atomic E-state index is 0.182. The fraction of sp³-hybridized carbons (Fsp3) is 0.0714. The molecule has 1 N–H and O–H groups in total. The number of halogens is 2. The molecule has 0 radical (unpaired) electrons. The van der Waals surface area contributed by atoms with Gasteiger partial charge in [-0.3, -0.25) is 9.78 Å². The highest BCUT2D eigenvalue weighted by Crippen LogP contribution is 2.22. The first-order valence-electron chi connectivity index (χ1n) is 5.81. The lowest BCUT2D eigenvalue weighted by Gasteiger charge is -2.02. The van der Waals surface area contributed by atoms with Gasteiger partial charge in [-0.1, -0.05) is 35.3 Å². The van der Waals surface area contributed by atoms with Gasteiger partial charge in [0.2, 0.25) is 5.91 Å². The van der Waals surface area contributed by atoms with Crippen LogP contribution in [0, 0.1) is 0 Å². The predicted octanol–water partition coefficient (Wildman–Crippen LogP) is 3.08. The molecule has 0 atom stereocenters. The lowest BCUT2D eigenvalue weighted by atomic mass is 10.1. The Morgan fingerprint density at radius 3 is 2.85 bits per heavy atom. The zero-order chi connectivity index (χ0) is 14.4. The van der Waals surface area contributed by atoms with Crippen LogP contribution in [0.5, 0.6) is 0 Å². The van der Waals surface area contributed by atoms with Crippen molar-refractivity contribution < 1.29 is 4.79 Å². The van der Waals surface area contributed by atoms with Gasteiger partial charge in [-0.05, 0) is 23.8 Å². The number of carbonyl (C=O) groups is 1. The molecule has 0 saturated carbocycles. The fourth-order valence-electron chi connectivity index (χ4n) is 1.51. The molecule has 1 aromatic carbocycles. The molecule has 0 bridgehead atoms. The molecule has 20 heavy (non-hydrogen) atoms. The third-order valence-electron chi connectivity index (χ3n) is 2.44. The molecular weight excluding hydrogens is 297 g/mol. The maximum absolute atomic E-state index is 11.7. The summed E-state index contributed by atoms with van der Waals surface area (Å²) in [6.45, 7) is 0. The Balaban J connectivity index is 1.89. The largest absolute Gasteiger partial charge is 0.273 e. The highest BCUT2D eigenvalue weighted by molar-refractivity contribution is 6.42. The van der Waals surface area contributed by atoms with E-state index in [9.17, 15) is 4.79 Å². The number of benzene rings is 1. The maximum atomic E-state index is 11.7. The number of nitrogens with one attached hydrogen (secondary N) is 1. The Hall–Kier alpha value is -1.91. The van der Waals surface area contributed by atoms with Crippen molar-refractivity contribution in [3.05, 3.63) is 63.9 Å². The molecule has 0 aliphatic rings.